The second-order valence-corrected chi connectivity index (χ2v) is 6.61. The van der Waals surface area contributed by atoms with Gasteiger partial charge in [-0.2, -0.15) is 15.0 Å². The molecule has 0 aliphatic heterocycles. The zero-order valence-electron chi connectivity index (χ0n) is 16.1. The Morgan fingerprint density at radius 3 is 2.46 bits per heavy atom. The Morgan fingerprint density at radius 2 is 1.79 bits per heavy atom. The number of amides is 1. The molecule has 28 heavy (non-hydrogen) atoms. The van der Waals surface area contributed by atoms with Gasteiger partial charge < -0.3 is 10.1 Å². The van der Waals surface area contributed by atoms with Crippen LogP contribution in [0, 0.1) is 0 Å². The SMILES string of the molecule is CCCOc1ccc(CCC(=O)NC(Cn2nccn2)c2ccccc2)cc1. The minimum atomic E-state index is -0.175. The minimum absolute atomic E-state index is 0.00678. The third-order valence-electron chi connectivity index (χ3n) is 4.39. The van der Waals surface area contributed by atoms with Crippen molar-refractivity contribution in [1.29, 1.82) is 0 Å². The Bertz CT molecular complexity index is 833. The predicted molar refractivity (Wildman–Crippen MR) is 108 cm³/mol. The molecule has 0 spiro atoms. The van der Waals surface area contributed by atoms with Crippen LogP contribution in [-0.4, -0.2) is 27.5 Å². The van der Waals surface area contributed by atoms with Crippen LogP contribution in [0.4, 0.5) is 0 Å². The van der Waals surface area contributed by atoms with Crippen LogP contribution in [0.3, 0.4) is 0 Å². The number of nitrogens with zero attached hydrogens (tertiary/aromatic N) is 3. The molecule has 6 nitrogen and oxygen atoms in total. The fraction of sp³-hybridized carbons (Fsp3) is 0.318. The second kappa shape index (κ2) is 10.3. The van der Waals surface area contributed by atoms with Gasteiger partial charge >= 0.3 is 0 Å². The lowest BCUT2D eigenvalue weighted by Gasteiger charge is -2.19. The third kappa shape index (κ3) is 5.94. The molecule has 3 aromatic rings. The van der Waals surface area contributed by atoms with Crippen LogP contribution in [0.25, 0.3) is 0 Å². The molecule has 2 aromatic carbocycles. The molecule has 3 rings (SSSR count). The Balaban J connectivity index is 1.56. The molecule has 1 unspecified atom stereocenters. The molecular weight excluding hydrogens is 352 g/mol. The molecule has 146 valence electrons. The summed E-state index contributed by atoms with van der Waals surface area (Å²) in [6.07, 6.45) is 5.36. The number of ether oxygens (including phenoxy) is 1. The molecular formula is C22H26N4O2. The predicted octanol–water partition coefficient (Wildman–Crippen LogP) is 3.56. The Kier molecular flexibility index (Phi) is 7.18. The molecule has 6 heteroatoms. The Labute approximate surface area is 165 Å². The maximum Gasteiger partial charge on any atom is 0.220 e. The number of rotatable bonds is 10. The van der Waals surface area contributed by atoms with E-state index in [9.17, 15) is 4.79 Å². The quantitative estimate of drug-likeness (QED) is 0.586. The zero-order chi connectivity index (χ0) is 19.6. The van der Waals surface area contributed by atoms with Gasteiger partial charge in [-0.05, 0) is 36.1 Å². The van der Waals surface area contributed by atoms with Crippen LogP contribution < -0.4 is 10.1 Å². The van der Waals surface area contributed by atoms with Crippen molar-refractivity contribution in [2.45, 2.75) is 38.8 Å². The summed E-state index contributed by atoms with van der Waals surface area (Å²) in [5.41, 5.74) is 2.15. The van der Waals surface area contributed by atoms with Crippen molar-refractivity contribution in [1.82, 2.24) is 20.3 Å². The van der Waals surface area contributed by atoms with E-state index in [0.717, 1.165) is 23.3 Å². The van der Waals surface area contributed by atoms with Gasteiger partial charge in [-0.1, -0.05) is 49.4 Å². The highest BCUT2D eigenvalue weighted by molar-refractivity contribution is 5.76. The fourth-order valence-electron chi connectivity index (χ4n) is 2.92. The maximum absolute atomic E-state index is 12.6. The smallest absolute Gasteiger partial charge is 0.220 e. The van der Waals surface area contributed by atoms with Gasteiger partial charge in [0, 0.05) is 6.42 Å². The van der Waals surface area contributed by atoms with E-state index in [1.807, 2.05) is 54.6 Å². The van der Waals surface area contributed by atoms with Crippen LogP contribution in [-0.2, 0) is 17.8 Å². The van der Waals surface area contributed by atoms with E-state index in [1.165, 1.54) is 0 Å². The number of aryl methyl sites for hydroxylation is 1. The van der Waals surface area contributed by atoms with Gasteiger partial charge in [0.1, 0.15) is 5.75 Å². The lowest BCUT2D eigenvalue weighted by molar-refractivity contribution is -0.121. The average Bonchev–Trinajstić information content (AvgIpc) is 3.25. The molecule has 1 heterocycles. The Hall–Kier alpha value is -3.15. The number of benzene rings is 2. The molecule has 0 aliphatic rings. The molecule has 0 saturated carbocycles. The van der Waals surface area contributed by atoms with Gasteiger partial charge in [-0.25, -0.2) is 0 Å². The summed E-state index contributed by atoms with van der Waals surface area (Å²) in [7, 11) is 0. The van der Waals surface area contributed by atoms with E-state index < -0.39 is 0 Å². The molecule has 0 fully saturated rings. The number of nitrogens with one attached hydrogen (secondary N) is 1. The van der Waals surface area contributed by atoms with Crippen molar-refractivity contribution in [2.24, 2.45) is 0 Å². The standard InChI is InChI=1S/C22H26N4O2/c1-2-16-28-20-11-8-18(9-12-20)10-13-22(27)25-21(17-26-23-14-15-24-26)19-6-4-3-5-7-19/h3-9,11-12,14-15,21H,2,10,13,16-17H2,1H3,(H,25,27). The minimum Gasteiger partial charge on any atom is -0.494 e. The number of carbonyl (C=O) groups is 1. The number of aromatic nitrogens is 3. The van der Waals surface area contributed by atoms with Gasteiger partial charge in [0.05, 0.1) is 31.6 Å². The van der Waals surface area contributed by atoms with E-state index in [1.54, 1.807) is 17.2 Å². The molecule has 1 aromatic heterocycles. The molecule has 1 atom stereocenters. The molecule has 0 saturated heterocycles. The van der Waals surface area contributed by atoms with Gasteiger partial charge in [0.2, 0.25) is 5.91 Å². The van der Waals surface area contributed by atoms with E-state index in [0.29, 0.717) is 26.0 Å². The summed E-state index contributed by atoms with van der Waals surface area (Å²) in [6, 6.07) is 17.7. The molecule has 0 aliphatic carbocycles. The van der Waals surface area contributed by atoms with Crippen LogP contribution >= 0.6 is 0 Å². The van der Waals surface area contributed by atoms with Crippen molar-refractivity contribution in [3.05, 3.63) is 78.1 Å². The van der Waals surface area contributed by atoms with E-state index in [4.69, 9.17) is 4.74 Å². The van der Waals surface area contributed by atoms with E-state index >= 15 is 0 Å². The van der Waals surface area contributed by atoms with Crippen molar-refractivity contribution in [2.75, 3.05) is 6.61 Å². The third-order valence-corrected chi connectivity index (χ3v) is 4.39. The van der Waals surface area contributed by atoms with Crippen molar-refractivity contribution in [3.63, 3.8) is 0 Å². The number of hydrogen-bond acceptors (Lipinski definition) is 4. The van der Waals surface area contributed by atoms with E-state index in [-0.39, 0.29) is 11.9 Å². The highest BCUT2D eigenvalue weighted by Crippen LogP contribution is 2.16. The summed E-state index contributed by atoms with van der Waals surface area (Å²) in [5, 5.41) is 11.4. The van der Waals surface area contributed by atoms with Gasteiger partial charge in [-0.3, -0.25) is 4.79 Å². The van der Waals surface area contributed by atoms with Gasteiger partial charge in [0.15, 0.2) is 0 Å². The summed E-state index contributed by atoms with van der Waals surface area (Å²) in [5.74, 6) is 0.873. The molecule has 0 bridgehead atoms. The molecule has 0 radical (unpaired) electrons. The zero-order valence-corrected chi connectivity index (χ0v) is 16.1. The van der Waals surface area contributed by atoms with E-state index in [2.05, 4.69) is 22.4 Å². The van der Waals surface area contributed by atoms with Crippen molar-refractivity contribution >= 4 is 5.91 Å². The lowest BCUT2D eigenvalue weighted by atomic mass is 10.1. The van der Waals surface area contributed by atoms with Crippen molar-refractivity contribution in [3.8, 4) is 5.75 Å². The number of hydrogen-bond donors (Lipinski definition) is 1. The largest absolute Gasteiger partial charge is 0.494 e. The first kappa shape index (κ1) is 19.6. The summed E-state index contributed by atoms with van der Waals surface area (Å²) < 4.78 is 5.59. The molecule has 1 amide bonds. The average molecular weight is 378 g/mol. The summed E-state index contributed by atoms with van der Waals surface area (Å²) in [4.78, 5) is 14.1. The summed E-state index contributed by atoms with van der Waals surface area (Å²) >= 11 is 0. The van der Waals surface area contributed by atoms with Crippen LogP contribution in [0.15, 0.2) is 67.0 Å². The van der Waals surface area contributed by atoms with Crippen molar-refractivity contribution < 1.29 is 9.53 Å². The first-order valence-electron chi connectivity index (χ1n) is 9.64. The lowest BCUT2D eigenvalue weighted by Crippen LogP contribution is -2.32. The monoisotopic (exact) mass is 378 g/mol. The topological polar surface area (TPSA) is 69.0 Å². The second-order valence-electron chi connectivity index (χ2n) is 6.61. The number of carbonyl (C=O) groups excluding carboxylic acids is 1. The van der Waals surface area contributed by atoms with Crippen LogP contribution in [0.2, 0.25) is 0 Å². The van der Waals surface area contributed by atoms with Crippen LogP contribution in [0.5, 0.6) is 5.75 Å². The fourth-order valence-corrected chi connectivity index (χ4v) is 2.92. The maximum atomic E-state index is 12.6. The first-order chi connectivity index (χ1) is 13.7. The highest BCUT2D eigenvalue weighted by Gasteiger charge is 2.16. The Morgan fingerprint density at radius 1 is 1.07 bits per heavy atom. The molecule has 1 N–H and O–H groups in total. The summed E-state index contributed by atoms with van der Waals surface area (Å²) in [6.45, 7) is 3.29. The highest BCUT2D eigenvalue weighted by atomic mass is 16.5. The van der Waals surface area contributed by atoms with Crippen LogP contribution in [0.1, 0.15) is 36.9 Å². The first-order valence-corrected chi connectivity index (χ1v) is 9.64. The van der Waals surface area contributed by atoms with Gasteiger partial charge in [0.25, 0.3) is 0 Å². The van der Waals surface area contributed by atoms with Gasteiger partial charge in [-0.15, -0.1) is 0 Å². The normalized spacial score (nSPS) is 11.8.